The molecule has 154 valence electrons. The van der Waals surface area contributed by atoms with Gasteiger partial charge in [0.1, 0.15) is 9.88 Å². The maximum atomic E-state index is 13.2. The number of hydrogen-bond donors (Lipinski definition) is 0. The lowest BCUT2D eigenvalue weighted by atomic mass is 9.99. The Hall–Kier alpha value is -3.12. The standard InChI is InChI=1S/C24H24N2O3S/c1-16-22(30-23(25-16)19-9-10-20(28-2)21(15-19)29-3)24(27)26-13-11-18(12-14-26)17-7-5-4-6-8-17/h4-11,15H,12-14H2,1-3H3. The van der Waals surface area contributed by atoms with Gasteiger partial charge in [0.05, 0.1) is 19.9 Å². The molecule has 0 saturated heterocycles. The van der Waals surface area contributed by atoms with Crippen molar-refractivity contribution < 1.29 is 14.3 Å². The van der Waals surface area contributed by atoms with Gasteiger partial charge < -0.3 is 14.4 Å². The second-order valence-electron chi connectivity index (χ2n) is 7.10. The highest BCUT2D eigenvalue weighted by molar-refractivity contribution is 7.17. The van der Waals surface area contributed by atoms with Crippen LogP contribution in [0.1, 0.15) is 27.3 Å². The molecule has 1 aromatic heterocycles. The maximum absolute atomic E-state index is 13.2. The van der Waals surface area contributed by atoms with Crippen LogP contribution in [0.5, 0.6) is 11.5 Å². The molecule has 0 saturated carbocycles. The first-order valence-corrected chi connectivity index (χ1v) is 10.7. The van der Waals surface area contributed by atoms with Gasteiger partial charge >= 0.3 is 0 Å². The Morgan fingerprint density at radius 3 is 2.47 bits per heavy atom. The van der Waals surface area contributed by atoms with E-state index in [0.717, 1.165) is 22.7 Å². The van der Waals surface area contributed by atoms with Gasteiger partial charge in [0, 0.05) is 18.7 Å². The van der Waals surface area contributed by atoms with Crippen LogP contribution in [0.15, 0.2) is 54.6 Å². The Bertz CT molecular complexity index is 1090. The van der Waals surface area contributed by atoms with Crippen LogP contribution < -0.4 is 9.47 Å². The Morgan fingerprint density at radius 1 is 1.03 bits per heavy atom. The largest absolute Gasteiger partial charge is 0.493 e. The summed E-state index contributed by atoms with van der Waals surface area (Å²) in [5.41, 5.74) is 4.19. The van der Waals surface area contributed by atoms with Crippen LogP contribution in [0.4, 0.5) is 0 Å². The van der Waals surface area contributed by atoms with Crippen LogP contribution >= 0.6 is 11.3 Å². The molecule has 3 aromatic rings. The SMILES string of the molecule is COc1ccc(-c2nc(C)c(C(=O)N3CC=C(c4ccccc4)CC3)s2)cc1OC. The minimum absolute atomic E-state index is 0.0417. The van der Waals surface area contributed by atoms with E-state index >= 15 is 0 Å². The Balaban J connectivity index is 1.54. The molecule has 5 nitrogen and oxygen atoms in total. The third-order valence-electron chi connectivity index (χ3n) is 5.26. The van der Waals surface area contributed by atoms with Crippen LogP contribution in [0.3, 0.4) is 0 Å². The molecule has 0 N–H and O–H groups in total. The molecule has 2 heterocycles. The summed E-state index contributed by atoms with van der Waals surface area (Å²) in [6.07, 6.45) is 3.01. The highest BCUT2D eigenvalue weighted by Gasteiger charge is 2.24. The first-order chi connectivity index (χ1) is 14.6. The highest BCUT2D eigenvalue weighted by atomic mass is 32.1. The molecular weight excluding hydrogens is 396 g/mol. The average molecular weight is 421 g/mol. The number of ether oxygens (including phenoxy) is 2. The summed E-state index contributed by atoms with van der Waals surface area (Å²) in [6, 6.07) is 16.0. The Kier molecular flexibility index (Phi) is 5.86. The van der Waals surface area contributed by atoms with E-state index in [1.807, 2.05) is 48.2 Å². The second-order valence-corrected chi connectivity index (χ2v) is 8.10. The fraction of sp³-hybridized carbons (Fsp3) is 0.250. The summed E-state index contributed by atoms with van der Waals surface area (Å²) in [4.78, 5) is 20.4. The Morgan fingerprint density at radius 2 is 1.80 bits per heavy atom. The minimum atomic E-state index is 0.0417. The normalized spacial score (nSPS) is 13.7. The van der Waals surface area contributed by atoms with Crippen molar-refractivity contribution in [2.75, 3.05) is 27.3 Å². The number of benzene rings is 2. The van der Waals surface area contributed by atoms with Crippen molar-refractivity contribution in [3.8, 4) is 22.1 Å². The fourth-order valence-electron chi connectivity index (χ4n) is 3.60. The van der Waals surface area contributed by atoms with E-state index in [0.29, 0.717) is 29.5 Å². The molecule has 1 aliphatic rings. The minimum Gasteiger partial charge on any atom is -0.493 e. The molecule has 1 amide bonds. The van der Waals surface area contributed by atoms with Gasteiger partial charge in [0.15, 0.2) is 11.5 Å². The van der Waals surface area contributed by atoms with E-state index in [9.17, 15) is 4.79 Å². The third kappa shape index (κ3) is 3.96. The molecule has 0 aliphatic carbocycles. The molecule has 2 aromatic carbocycles. The lowest BCUT2D eigenvalue weighted by Crippen LogP contribution is -2.34. The fourth-order valence-corrected chi connectivity index (χ4v) is 4.63. The summed E-state index contributed by atoms with van der Waals surface area (Å²) < 4.78 is 10.7. The lowest BCUT2D eigenvalue weighted by molar-refractivity contribution is 0.0776. The van der Waals surface area contributed by atoms with E-state index in [4.69, 9.17) is 9.47 Å². The molecule has 30 heavy (non-hydrogen) atoms. The van der Waals surface area contributed by atoms with Crippen molar-refractivity contribution in [3.63, 3.8) is 0 Å². The van der Waals surface area contributed by atoms with Gasteiger partial charge in [-0.05, 0) is 42.7 Å². The molecule has 0 bridgehead atoms. The van der Waals surface area contributed by atoms with Crippen LogP contribution in [-0.2, 0) is 0 Å². The summed E-state index contributed by atoms with van der Waals surface area (Å²) in [5.74, 6) is 1.35. The van der Waals surface area contributed by atoms with Gasteiger partial charge in [-0.25, -0.2) is 4.98 Å². The zero-order valence-electron chi connectivity index (χ0n) is 17.3. The van der Waals surface area contributed by atoms with Crippen LogP contribution in [-0.4, -0.2) is 43.1 Å². The van der Waals surface area contributed by atoms with E-state index in [1.165, 1.54) is 22.5 Å². The monoisotopic (exact) mass is 420 g/mol. The predicted octanol–water partition coefficient (Wildman–Crippen LogP) is 5.07. The molecule has 4 rings (SSSR count). The number of amides is 1. The molecule has 0 unspecified atom stereocenters. The molecular formula is C24H24N2O3S. The van der Waals surface area contributed by atoms with Gasteiger partial charge in [-0.15, -0.1) is 11.3 Å². The van der Waals surface area contributed by atoms with Crippen LogP contribution in [0.2, 0.25) is 0 Å². The Labute approximate surface area is 180 Å². The van der Waals surface area contributed by atoms with Crippen molar-refractivity contribution >= 4 is 22.8 Å². The zero-order chi connectivity index (χ0) is 21.1. The first-order valence-electron chi connectivity index (χ1n) is 9.84. The molecule has 0 atom stereocenters. The van der Waals surface area contributed by atoms with E-state index < -0.39 is 0 Å². The van der Waals surface area contributed by atoms with Crippen molar-refractivity contribution in [3.05, 3.63) is 70.7 Å². The molecule has 0 spiro atoms. The molecule has 0 fully saturated rings. The summed E-state index contributed by atoms with van der Waals surface area (Å²) >= 11 is 1.42. The summed E-state index contributed by atoms with van der Waals surface area (Å²) in [7, 11) is 3.22. The van der Waals surface area contributed by atoms with Gasteiger partial charge in [-0.3, -0.25) is 4.79 Å². The molecule has 0 radical (unpaired) electrons. The number of carbonyl (C=O) groups is 1. The van der Waals surface area contributed by atoms with Crippen molar-refractivity contribution in [1.29, 1.82) is 0 Å². The number of rotatable bonds is 5. The number of hydrogen-bond acceptors (Lipinski definition) is 5. The van der Waals surface area contributed by atoms with Crippen LogP contribution in [0, 0.1) is 6.92 Å². The second kappa shape index (κ2) is 8.71. The van der Waals surface area contributed by atoms with E-state index in [1.54, 1.807) is 14.2 Å². The number of methoxy groups -OCH3 is 2. The van der Waals surface area contributed by atoms with Gasteiger partial charge in [-0.2, -0.15) is 0 Å². The molecule has 1 aliphatic heterocycles. The lowest BCUT2D eigenvalue weighted by Gasteiger charge is -2.26. The average Bonchev–Trinajstić information content (AvgIpc) is 3.20. The van der Waals surface area contributed by atoms with Gasteiger partial charge in [-0.1, -0.05) is 36.4 Å². The van der Waals surface area contributed by atoms with Gasteiger partial charge in [0.2, 0.25) is 0 Å². The number of aromatic nitrogens is 1. The third-order valence-corrected chi connectivity index (χ3v) is 6.46. The molecule has 6 heteroatoms. The highest BCUT2D eigenvalue weighted by Crippen LogP contribution is 2.35. The number of carbonyl (C=O) groups excluding carboxylic acids is 1. The maximum Gasteiger partial charge on any atom is 0.266 e. The smallest absolute Gasteiger partial charge is 0.266 e. The zero-order valence-corrected chi connectivity index (χ0v) is 18.2. The van der Waals surface area contributed by atoms with Crippen molar-refractivity contribution in [1.82, 2.24) is 9.88 Å². The number of aryl methyl sites for hydroxylation is 1. The van der Waals surface area contributed by atoms with E-state index in [-0.39, 0.29) is 5.91 Å². The van der Waals surface area contributed by atoms with Crippen molar-refractivity contribution in [2.45, 2.75) is 13.3 Å². The summed E-state index contributed by atoms with van der Waals surface area (Å²) in [5, 5.41) is 0.800. The van der Waals surface area contributed by atoms with Crippen LogP contribution in [0.25, 0.3) is 16.1 Å². The van der Waals surface area contributed by atoms with E-state index in [2.05, 4.69) is 23.2 Å². The number of nitrogens with zero attached hydrogens (tertiary/aromatic N) is 2. The first kappa shape index (κ1) is 20.2. The van der Waals surface area contributed by atoms with Crippen molar-refractivity contribution in [2.24, 2.45) is 0 Å². The predicted molar refractivity (Wildman–Crippen MR) is 120 cm³/mol. The summed E-state index contributed by atoms with van der Waals surface area (Å²) in [6.45, 7) is 3.22. The quantitative estimate of drug-likeness (QED) is 0.579. The number of thiazole rings is 1. The topological polar surface area (TPSA) is 51.7 Å². The van der Waals surface area contributed by atoms with Gasteiger partial charge in [0.25, 0.3) is 5.91 Å².